The van der Waals surface area contributed by atoms with E-state index < -0.39 is 11.7 Å². The third-order valence-corrected chi connectivity index (χ3v) is 2.06. The Balaban J connectivity index is 4.26. The lowest BCUT2D eigenvalue weighted by molar-refractivity contribution is -0.0852. The predicted molar refractivity (Wildman–Crippen MR) is 64.0 cm³/mol. The van der Waals surface area contributed by atoms with E-state index in [1.54, 1.807) is 11.9 Å². The van der Waals surface area contributed by atoms with Gasteiger partial charge in [0.25, 0.3) is 0 Å². The summed E-state index contributed by atoms with van der Waals surface area (Å²) in [4.78, 5) is 7.28. The van der Waals surface area contributed by atoms with E-state index in [-0.39, 0.29) is 5.82 Å². The van der Waals surface area contributed by atoms with Crippen molar-refractivity contribution >= 4 is 6.21 Å². The number of aliphatic imine (C=N–C) groups is 1. The van der Waals surface area contributed by atoms with Crippen LogP contribution in [0.4, 0.5) is 13.2 Å². The molecule has 0 rings (SSSR count). The van der Waals surface area contributed by atoms with Crippen molar-refractivity contribution < 1.29 is 13.2 Å². The van der Waals surface area contributed by atoms with Crippen molar-refractivity contribution in [3.8, 4) is 0 Å². The molecule has 3 nitrogen and oxygen atoms in total. The molecule has 0 aliphatic carbocycles. The summed E-state index contributed by atoms with van der Waals surface area (Å²) in [5, 5.41) is 0. The molecular weight excluding hydrogens is 231 g/mol. The molecule has 0 radical (unpaired) electrons. The van der Waals surface area contributed by atoms with Crippen LogP contribution < -0.4 is 0 Å². The minimum absolute atomic E-state index is 0.275. The standard InChI is InChI=1S/C11H18F3N3/c1-9(11(12,13)14)8-15-10(2)17(5)7-6-16(3)4/h8H,1-2,6-7H2,3-5H3/b15-8-. The number of rotatable bonds is 6. The number of allylic oxidation sites excluding steroid dienone is 1. The molecule has 0 aliphatic rings. The largest absolute Gasteiger partial charge is 0.417 e. The van der Waals surface area contributed by atoms with Crippen LogP contribution >= 0.6 is 0 Å². The molecule has 0 aliphatic heterocycles. The van der Waals surface area contributed by atoms with Gasteiger partial charge in [0, 0.05) is 26.4 Å². The molecule has 0 aromatic rings. The summed E-state index contributed by atoms with van der Waals surface area (Å²) in [5.41, 5.74) is -0.986. The van der Waals surface area contributed by atoms with Gasteiger partial charge in [-0.1, -0.05) is 13.2 Å². The molecule has 0 spiro atoms. The summed E-state index contributed by atoms with van der Waals surface area (Å²) in [7, 11) is 5.54. The van der Waals surface area contributed by atoms with Gasteiger partial charge >= 0.3 is 6.18 Å². The third kappa shape index (κ3) is 6.78. The normalized spacial score (nSPS) is 12.2. The van der Waals surface area contributed by atoms with Crippen molar-refractivity contribution in [2.45, 2.75) is 6.18 Å². The van der Waals surface area contributed by atoms with Gasteiger partial charge in [-0.15, -0.1) is 0 Å². The molecule has 0 saturated carbocycles. The molecule has 0 amide bonds. The molecule has 6 heteroatoms. The predicted octanol–water partition coefficient (Wildman–Crippen LogP) is 2.14. The Morgan fingerprint density at radius 1 is 1.18 bits per heavy atom. The highest BCUT2D eigenvalue weighted by Gasteiger charge is 2.30. The summed E-state index contributed by atoms with van der Waals surface area (Å²) >= 11 is 0. The molecule has 0 unspecified atom stereocenters. The van der Waals surface area contributed by atoms with Crippen LogP contribution in [0.2, 0.25) is 0 Å². The van der Waals surface area contributed by atoms with E-state index in [1.165, 1.54) is 0 Å². The van der Waals surface area contributed by atoms with E-state index in [0.29, 0.717) is 12.8 Å². The SMILES string of the molecule is C=C(/N=C\C(=C)C(F)(F)F)N(C)CCN(C)C. The summed E-state index contributed by atoms with van der Waals surface area (Å²) in [6, 6.07) is 0. The molecular formula is C11H18F3N3. The maximum absolute atomic E-state index is 12.1. The first kappa shape index (κ1) is 15.7. The van der Waals surface area contributed by atoms with Gasteiger partial charge in [-0.25, -0.2) is 4.99 Å². The second-order valence-electron chi connectivity index (χ2n) is 3.92. The Labute approximate surface area is 99.9 Å². The quantitative estimate of drug-likeness (QED) is 0.672. The molecule has 98 valence electrons. The Hall–Kier alpha value is -1.30. The van der Waals surface area contributed by atoms with E-state index >= 15 is 0 Å². The van der Waals surface area contributed by atoms with Gasteiger partial charge < -0.3 is 9.80 Å². The minimum atomic E-state index is -4.44. The zero-order valence-electron chi connectivity index (χ0n) is 10.4. The Morgan fingerprint density at radius 3 is 2.12 bits per heavy atom. The number of likely N-dealkylation sites (N-methyl/N-ethyl adjacent to an activating group) is 2. The zero-order chi connectivity index (χ0) is 13.6. The van der Waals surface area contributed by atoms with Gasteiger partial charge in [-0.05, 0) is 14.1 Å². The lowest BCUT2D eigenvalue weighted by Gasteiger charge is -2.20. The maximum Gasteiger partial charge on any atom is 0.417 e. The van der Waals surface area contributed by atoms with Crippen molar-refractivity contribution in [3.05, 3.63) is 24.6 Å². The first-order valence-electron chi connectivity index (χ1n) is 4.99. The highest BCUT2D eigenvalue weighted by atomic mass is 19.4. The lowest BCUT2D eigenvalue weighted by atomic mass is 10.3. The summed E-state index contributed by atoms with van der Waals surface area (Å²) in [5.74, 6) is 0.275. The number of alkyl halides is 3. The highest BCUT2D eigenvalue weighted by molar-refractivity contribution is 5.80. The third-order valence-electron chi connectivity index (χ3n) is 2.06. The van der Waals surface area contributed by atoms with Crippen molar-refractivity contribution in [1.82, 2.24) is 9.80 Å². The lowest BCUT2D eigenvalue weighted by Crippen LogP contribution is -2.27. The maximum atomic E-state index is 12.1. The van der Waals surface area contributed by atoms with Gasteiger partial charge in [0.1, 0.15) is 5.82 Å². The zero-order valence-corrected chi connectivity index (χ0v) is 10.4. The summed E-state index contributed by atoms with van der Waals surface area (Å²) < 4.78 is 36.3. The van der Waals surface area contributed by atoms with Gasteiger partial charge in [-0.2, -0.15) is 13.2 Å². The molecule has 0 saturated heterocycles. The Morgan fingerprint density at radius 2 is 1.71 bits per heavy atom. The van der Waals surface area contributed by atoms with Crippen molar-refractivity contribution in [2.24, 2.45) is 4.99 Å². The van der Waals surface area contributed by atoms with E-state index in [4.69, 9.17) is 0 Å². The number of nitrogens with zero attached hydrogens (tertiary/aromatic N) is 3. The fraction of sp³-hybridized carbons (Fsp3) is 0.545. The van der Waals surface area contributed by atoms with Crippen LogP contribution in [-0.4, -0.2) is 56.4 Å². The fourth-order valence-electron chi connectivity index (χ4n) is 0.803. The van der Waals surface area contributed by atoms with Crippen LogP contribution in [0.25, 0.3) is 0 Å². The Bertz CT molecular complexity index is 306. The van der Waals surface area contributed by atoms with Crippen LogP contribution in [-0.2, 0) is 0 Å². The second kappa shape index (κ2) is 6.44. The highest BCUT2D eigenvalue weighted by Crippen LogP contribution is 2.22. The second-order valence-corrected chi connectivity index (χ2v) is 3.92. The fourth-order valence-corrected chi connectivity index (χ4v) is 0.803. The number of halogens is 3. The van der Waals surface area contributed by atoms with Crippen LogP contribution in [0.15, 0.2) is 29.5 Å². The van der Waals surface area contributed by atoms with Crippen molar-refractivity contribution in [2.75, 3.05) is 34.2 Å². The smallest absolute Gasteiger partial charge is 0.359 e. The molecule has 0 aromatic carbocycles. The van der Waals surface area contributed by atoms with E-state index in [0.717, 1.165) is 6.54 Å². The molecule has 0 atom stereocenters. The molecule has 0 bridgehead atoms. The van der Waals surface area contributed by atoms with Gasteiger partial charge in [-0.3, -0.25) is 0 Å². The van der Waals surface area contributed by atoms with Gasteiger partial charge in [0.15, 0.2) is 0 Å². The van der Waals surface area contributed by atoms with Gasteiger partial charge in [0.05, 0.1) is 5.57 Å². The van der Waals surface area contributed by atoms with E-state index in [2.05, 4.69) is 18.2 Å². The topological polar surface area (TPSA) is 18.8 Å². The number of hydrogen-bond acceptors (Lipinski definition) is 3. The molecule has 0 fully saturated rings. The molecule has 17 heavy (non-hydrogen) atoms. The molecule has 0 heterocycles. The monoisotopic (exact) mass is 249 g/mol. The molecule has 0 aromatic heterocycles. The summed E-state index contributed by atoms with van der Waals surface area (Å²) in [6.45, 7) is 7.89. The average Bonchev–Trinajstić information content (AvgIpc) is 2.20. The summed E-state index contributed by atoms with van der Waals surface area (Å²) in [6.07, 6.45) is -3.75. The van der Waals surface area contributed by atoms with Crippen molar-refractivity contribution in [3.63, 3.8) is 0 Å². The average molecular weight is 249 g/mol. The van der Waals surface area contributed by atoms with Crippen molar-refractivity contribution in [1.29, 1.82) is 0 Å². The first-order valence-corrected chi connectivity index (χ1v) is 4.99. The number of hydrogen-bond donors (Lipinski definition) is 0. The van der Waals surface area contributed by atoms with Crippen LogP contribution in [0.5, 0.6) is 0 Å². The van der Waals surface area contributed by atoms with E-state index in [9.17, 15) is 13.2 Å². The van der Waals surface area contributed by atoms with Crippen LogP contribution in [0.3, 0.4) is 0 Å². The first-order chi connectivity index (χ1) is 7.64. The van der Waals surface area contributed by atoms with Crippen LogP contribution in [0.1, 0.15) is 0 Å². The minimum Gasteiger partial charge on any atom is -0.359 e. The van der Waals surface area contributed by atoms with Crippen LogP contribution in [0, 0.1) is 0 Å². The molecule has 0 N–H and O–H groups in total. The van der Waals surface area contributed by atoms with Gasteiger partial charge in [0.2, 0.25) is 0 Å². The van der Waals surface area contributed by atoms with E-state index in [1.807, 2.05) is 19.0 Å². The Kier molecular flexibility index (Phi) is 5.95.